The van der Waals surface area contributed by atoms with E-state index in [1.807, 2.05) is 30.2 Å². The molecule has 130 valence electrons. The van der Waals surface area contributed by atoms with Crippen molar-refractivity contribution >= 4 is 16.6 Å². The zero-order chi connectivity index (χ0) is 17.2. The number of aryl methyl sites for hydroxylation is 2. The molecule has 25 heavy (non-hydrogen) atoms. The van der Waals surface area contributed by atoms with Crippen molar-refractivity contribution in [1.29, 1.82) is 0 Å². The van der Waals surface area contributed by atoms with Gasteiger partial charge in [-0.05, 0) is 48.6 Å². The van der Waals surface area contributed by atoms with E-state index in [1.165, 1.54) is 28.5 Å². The van der Waals surface area contributed by atoms with Crippen LogP contribution in [0.5, 0.6) is 0 Å². The molecule has 0 amide bonds. The summed E-state index contributed by atoms with van der Waals surface area (Å²) in [5.74, 6) is 0.573. The van der Waals surface area contributed by atoms with E-state index in [0.29, 0.717) is 5.92 Å². The van der Waals surface area contributed by atoms with Gasteiger partial charge in [0, 0.05) is 49.7 Å². The first-order valence-electron chi connectivity index (χ1n) is 9.02. The van der Waals surface area contributed by atoms with Crippen LogP contribution in [0.3, 0.4) is 0 Å². The fourth-order valence-corrected chi connectivity index (χ4v) is 3.84. The van der Waals surface area contributed by atoms with E-state index >= 15 is 0 Å². The van der Waals surface area contributed by atoms with Gasteiger partial charge in [-0.25, -0.2) is 4.98 Å². The number of pyridine rings is 1. The van der Waals surface area contributed by atoms with Crippen LogP contribution in [0.25, 0.3) is 16.6 Å². The maximum absolute atomic E-state index is 4.42. The Hall–Kier alpha value is -2.40. The van der Waals surface area contributed by atoms with Gasteiger partial charge in [-0.1, -0.05) is 13.0 Å². The van der Waals surface area contributed by atoms with Gasteiger partial charge in [-0.3, -0.25) is 9.58 Å². The summed E-state index contributed by atoms with van der Waals surface area (Å²) in [6.45, 7) is 5.58. The van der Waals surface area contributed by atoms with Crippen molar-refractivity contribution in [3.63, 3.8) is 0 Å². The van der Waals surface area contributed by atoms with Crippen LogP contribution in [-0.4, -0.2) is 44.3 Å². The summed E-state index contributed by atoms with van der Waals surface area (Å²) >= 11 is 0. The van der Waals surface area contributed by atoms with Crippen molar-refractivity contribution in [3.05, 3.63) is 54.1 Å². The van der Waals surface area contributed by atoms with Gasteiger partial charge in [-0.15, -0.1) is 0 Å². The Morgan fingerprint density at radius 2 is 2.28 bits per heavy atom. The number of hydrogen-bond acceptors (Lipinski definition) is 3. The fraction of sp³-hybridized carbons (Fsp3) is 0.400. The van der Waals surface area contributed by atoms with Crippen LogP contribution < -0.4 is 0 Å². The van der Waals surface area contributed by atoms with E-state index in [4.69, 9.17) is 0 Å². The molecule has 0 fully saturated rings. The van der Waals surface area contributed by atoms with E-state index < -0.39 is 0 Å². The molecule has 1 aliphatic heterocycles. The van der Waals surface area contributed by atoms with Crippen LogP contribution >= 0.6 is 0 Å². The molecule has 0 radical (unpaired) electrons. The molecule has 0 aromatic carbocycles. The van der Waals surface area contributed by atoms with Crippen LogP contribution in [0.1, 0.15) is 24.5 Å². The normalized spacial score (nSPS) is 18.6. The van der Waals surface area contributed by atoms with Crippen LogP contribution in [-0.2, 0) is 13.5 Å². The van der Waals surface area contributed by atoms with Crippen LogP contribution in [0, 0.1) is 5.92 Å². The summed E-state index contributed by atoms with van der Waals surface area (Å²) in [4.78, 5) is 10.3. The highest BCUT2D eigenvalue weighted by Gasteiger charge is 2.20. The molecule has 4 rings (SSSR count). The topological polar surface area (TPSA) is 49.7 Å². The Morgan fingerprint density at radius 1 is 1.36 bits per heavy atom. The Bertz CT molecular complexity index is 888. The molecule has 0 bridgehead atoms. The minimum Gasteiger partial charge on any atom is -0.346 e. The molecule has 1 N–H and O–H groups in total. The lowest BCUT2D eigenvalue weighted by Gasteiger charge is -2.30. The molecule has 0 saturated carbocycles. The van der Waals surface area contributed by atoms with Crippen LogP contribution in [0.4, 0.5) is 0 Å². The molecule has 1 atom stereocenters. The van der Waals surface area contributed by atoms with E-state index in [-0.39, 0.29) is 0 Å². The summed E-state index contributed by atoms with van der Waals surface area (Å²) < 4.78 is 1.88. The summed E-state index contributed by atoms with van der Waals surface area (Å²) in [5, 5.41) is 5.47. The molecular formula is C20H25N5. The zero-order valence-electron chi connectivity index (χ0n) is 14.9. The first-order valence-corrected chi connectivity index (χ1v) is 9.02. The molecule has 5 nitrogen and oxygen atoms in total. The lowest BCUT2D eigenvalue weighted by atomic mass is 9.96. The number of nitrogens with one attached hydrogen (secondary N) is 1. The number of fused-ring (bicyclic) bond motifs is 1. The molecule has 3 aromatic heterocycles. The van der Waals surface area contributed by atoms with Gasteiger partial charge < -0.3 is 4.98 Å². The molecule has 0 spiro atoms. The lowest BCUT2D eigenvalue weighted by Crippen LogP contribution is -2.34. The van der Waals surface area contributed by atoms with Gasteiger partial charge in [0.25, 0.3) is 0 Å². The van der Waals surface area contributed by atoms with E-state index in [0.717, 1.165) is 31.7 Å². The van der Waals surface area contributed by atoms with E-state index in [1.54, 1.807) is 0 Å². The number of nitrogens with zero attached hydrogens (tertiary/aromatic N) is 4. The zero-order valence-corrected chi connectivity index (χ0v) is 14.9. The Balaban J connectivity index is 1.44. The molecular weight excluding hydrogens is 310 g/mol. The maximum atomic E-state index is 4.42. The molecule has 0 aliphatic carbocycles. The predicted octanol–water partition coefficient (Wildman–Crippen LogP) is 3.26. The van der Waals surface area contributed by atoms with Crippen molar-refractivity contribution in [1.82, 2.24) is 24.6 Å². The number of rotatable bonds is 5. The molecule has 1 aliphatic rings. The molecule has 0 saturated heterocycles. The largest absolute Gasteiger partial charge is 0.346 e. The third-order valence-corrected chi connectivity index (χ3v) is 4.92. The summed E-state index contributed by atoms with van der Waals surface area (Å²) in [5.41, 5.74) is 5.01. The monoisotopic (exact) mass is 335 g/mol. The Kier molecular flexibility index (Phi) is 4.40. The summed E-state index contributed by atoms with van der Waals surface area (Å²) in [7, 11) is 1.98. The molecule has 5 heteroatoms. The van der Waals surface area contributed by atoms with Crippen LogP contribution in [0.15, 0.2) is 43.0 Å². The highest BCUT2D eigenvalue weighted by molar-refractivity contribution is 5.91. The second kappa shape index (κ2) is 6.84. The van der Waals surface area contributed by atoms with Gasteiger partial charge in [0.05, 0.1) is 6.20 Å². The SMILES string of the molecule is C[C@H]1C=C(c2c[nH]c3ncccc23)CN(CCCc2cnn(C)c2)C1. The first kappa shape index (κ1) is 16.1. The van der Waals surface area contributed by atoms with Crippen LogP contribution in [0.2, 0.25) is 0 Å². The second-order valence-corrected chi connectivity index (χ2v) is 7.13. The van der Waals surface area contributed by atoms with E-state index in [9.17, 15) is 0 Å². The van der Waals surface area contributed by atoms with E-state index in [2.05, 4.69) is 51.4 Å². The third kappa shape index (κ3) is 3.51. The van der Waals surface area contributed by atoms with Gasteiger partial charge in [0.15, 0.2) is 0 Å². The summed E-state index contributed by atoms with van der Waals surface area (Å²) in [6.07, 6.45) is 12.7. The van der Waals surface area contributed by atoms with Crippen molar-refractivity contribution in [2.75, 3.05) is 19.6 Å². The number of aromatic nitrogens is 4. The van der Waals surface area contributed by atoms with Crippen molar-refractivity contribution < 1.29 is 0 Å². The quantitative estimate of drug-likeness (QED) is 0.778. The maximum Gasteiger partial charge on any atom is 0.137 e. The minimum atomic E-state index is 0.573. The number of H-pyrrole nitrogens is 1. The second-order valence-electron chi connectivity index (χ2n) is 7.13. The van der Waals surface area contributed by atoms with Gasteiger partial charge in [0.1, 0.15) is 5.65 Å². The highest BCUT2D eigenvalue weighted by atomic mass is 15.2. The average Bonchev–Trinajstić information content (AvgIpc) is 3.20. The smallest absolute Gasteiger partial charge is 0.137 e. The average molecular weight is 335 g/mol. The van der Waals surface area contributed by atoms with Gasteiger partial charge in [-0.2, -0.15) is 5.10 Å². The molecule has 0 unspecified atom stereocenters. The van der Waals surface area contributed by atoms with Crippen molar-refractivity contribution in [3.8, 4) is 0 Å². The number of aromatic amines is 1. The van der Waals surface area contributed by atoms with Crippen molar-refractivity contribution in [2.24, 2.45) is 13.0 Å². The Morgan fingerprint density at radius 3 is 3.12 bits per heavy atom. The standard InChI is InChI=1S/C20H25N5/c1-15-9-17(19-11-22-20-18(19)6-3-7-21-20)14-25(12-15)8-4-5-16-10-23-24(2)13-16/h3,6-7,9-11,13,15H,4-5,8,12,14H2,1-2H3,(H,21,22)/t15-/m0/s1. The minimum absolute atomic E-state index is 0.573. The Labute approximate surface area is 148 Å². The van der Waals surface area contributed by atoms with Crippen molar-refractivity contribution in [2.45, 2.75) is 19.8 Å². The summed E-state index contributed by atoms with van der Waals surface area (Å²) in [6, 6.07) is 4.17. The predicted molar refractivity (Wildman–Crippen MR) is 101 cm³/mol. The first-order chi connectivity index (χ1) is 12.2. The fourth-order valence-electron chi connectivity index (χ4n) is 3.84. The number of hydrogen-bond donors (Lipinski definition) is 1. The van der Waals surface area contributed by atoms with Gasteiger partial charge >= 0.3 is 0 Å². The molecule has 4 heterocycles. The lowest BCUT2D eigenvalue weighted by molar-refractivity contribution is 0.269. The van der Waals surface area contributed by atoms with Gasteiger partial charge in [0.2, 0.25) is 0 Å². The third-order valence-electron chi connectivity index (χ3n) is 4.92. The molecule has 3 aromatic rings. The highest BCUT2D eigenvalue weighted by Crippen LogP contribution is 2.28.